The van der Waals surface area contributed by atoms with E-state index in [1.165, 1.54) is 4.90 Å². The summed E-state index contributed by atoms with van der Waals surface area (Å²) in [5, 5.41) is 3.88. The highest BCUT2D eigenvalue weighted by Gasteiger charge is 2.45. The quantitative estimate of drug-likeness (QED) is 0.508. The predicted octanol–water partition coefficient (Wildman–Crippen LogP) is 5.05. The van der Waals surface area contributed by atoms with Crippen LogP contribution in [0.2, 0.25) is 0 Å². The zero-order valence-electron chi connectivity index (χ0n) is 18.4. The summed E-state index contributed by atoms with van der Waals surface area (Å²) >= 11 is 0. The Kier molecular flexibility index (Phi) is 6.30. The molecule has 164 valence electrons. The van der Waals surface area contributed by atoms with Crippen molar-refractivity contribution < 1.29 is 14.4 Å². The molecule has 1 aromatic heterocycles. The number of anilines is 1. The summed E-state index contributed by atoms with van der Waals surface area (Å²) in [5.41, 5.74) is 1.95. The Morgan fingerprint density at radius 2 is 1.66 bits per heavy atom. The minimum Gasteiger partial charge on any atom is -0.322 e. The van der Waals surface area contributed by atoms with Crippen LogP contribution in [0.5, 0.6) is 0 Å². The minimum absolute atomic E-state index is 0.139. The van der Waals surface area contributed by atoms with Crippen molar-refractivity contribution in [1.82, 2.24) is 9.88 Å². The molecule has 0 fully saturated rings. The summed E-state index contributed by atoms with van der Waals surface area (Å²) in [7, 11) is 0. The Labute approximate surface area is 187 Å². The zero-order valence-corrected chi connectivity index (χ0v) is 18.4. The van der Waals surface area contributed by atoms with Crippen LogP contribution in [0.15, 0.2) is 60.8 Å². The summed E-state index contributed by atoms with van der Waals surface area (Å²) < 4.78 is 0. The minimum atomic E-state index is -0.891. The molecule has 0 saturated carbocycles. The topological polar surface area (TPSA) is 79.4 Å². The highest BCUT2D eigenvalue weighted by Crippen LogP contribution is 2.31. The average Bonchev–Trinajstić information content (AvgIpc) is 3.07. The first kappa shape index (κ1) is 21.7. The second kappa shape index (κ2) is 9.30. The number of nitrogens with zero attached hydrogens (tertiary/aromatic N) is 2. The molecular weight excluding hydrogens is 402 g/mol. The number of pyridine rings is 1. The fourth-order valence-electron chi connectivity index (χ4n) is 4.47. The average molecular weight is 430 g/mol. The normalized spacial score (nSPS) is 15.0. The van der Waals surface area contributed by atoms with E-state index in [4.69, 9.17) is 0 Å². The van der Waals surface area contributed by atoms with Gasteiger partial charge in [0.05, 0.1) is 22.3 Å². The standard InChI is InChI=1S/C26H27N3O3/c1-3-5-10-17(4-2)23(29-25(31)19-13-6-7-14-20(19)26(29)32)24(30)28-21-15-8-11-18-12-9-16-27-22(18)21/h6-9,11-17,23H,3-5,10H2,1-2H3,(H,28,30)/t17-,23+/m1/s1. The van der Waals surface area contributed by atoms with E-state index >= 15 is 0 Å². The van der Waals surface area contributed by atoms with Gasteiger partial charge in [0.15, 0.2) is 0 Å². The van der Waals surface area contributed by atoms with Gasteiger partial charge in [0.1, 0.15) is 6.04 Å². The molecule has 0 saturated heterocycles. The molecule has 0 aliphatic carbocycles. The SMILES string of the molecule is CCCC[C@@H](CC)[C@@H](C(=O)Nc1cccc2cccnc12)N1C(=O)c2ccccc2C1=O. The Hall–Kier alpha value is -3.54. The van der Waals surface area contributed by atoms with Crippen molar-refractivity contribution in [2.45, 2.75) is 45.6 Å². The van der Waals surface area contributed by atoms with Crippen molar-refractivity contribution in [2.75, 3.05) is 5.32 Å². The lowest BCUT2D eigenvalue weighted by molar-refractivity contribution is -0.121. The molecule has 0 unspecified atom stereocenters. The number of para-hydroxylation sites is 1. The zero-order chi connectivity index (χ0) is 22.7. The van der Waals surface area contributed by atoms with Crippen molar-refractivity contribution in [3.05, 3.63) is 71.9 Å². The highest BCUT2D eigenvalue weighted by atomic mass is 16.2. The maximum Gasteiger partial charge on any atom is 0.262 e. The molecule has 2 aromatic carbocycles. The lowest BCUT2D eigenvalue weighted by Crippen LogP contribution is -2.51. The van der Waals surface area contributed by atoms with Gasteiger partial charge in [-0.25, -0.2) is 0 Å². The highest BCUT2D eigenvalue weighted by molar-refractivity contribution is 6.23. The van der Waals surface area contributed by atoms with Gasteiger partial charge in [-0.1, -0.05) is 63.4 Å². The molecule has 0 bridgehead atoms. The number of fused-ring (bicyclic) bond motifs is 2. The number of imide groups is 1. The predicted molar refractivity (Wildman–Crippen MR) is 124 cm³/mol. The lowest BCUT2D eigenvalue weighted by atomic mass is 9.89. The molecule has 0 spiro atoms. The number of carbonyl (C=O) groups excluding carboxylic acids is 3. The Morgan fingerprint density at radius 1 is 0.969 bits per heavy atom. The van der Waals surface area contributed by atoms with Crippen LogP contribution in [-0.2, 0) is 4.79 Å². The van der Waals surface area contributed by atoms with Gasteiger partial charge in [-0.05, 0) is 36.6 Å². The van der Waals surface area contributed by atoms with Crippen molar-refractivity contribution >= 4 is 34.3 Å². The molecule has 1 aliphatic heterocycles. The lowest BCUT2D eigenvalue weighted by Gasteiger charge is -2.32. The van der Waals surface area contributed by atoms with Gasteiger partial charge in [-0.3, -0.25) is 24.3 Å². The smallest absolute Gasteiger partial charge is 0.262 e. The molecular formula is C26H27N3O3. The van der Waals surface area contributed by atoms with Crippen LogP contribution in [0.4, 0.5) is 5.69 Å². The van der Waals surface area contributed by atoms with Gasteiger partial charge in [0, 0.05) is 11.6 Å². The van der Waals surface area contributed by atoms with Crippen LogP contribution in [-0.4, -0.2) is 33.6 Å². The Bertz CT molecular complexity index is 1130. The van der Waals surface area contributed by atoms with E-state index in [1.807, 2.05) is 31.2 Å². The molecule has 3 amide bonds. The van der Waals surface area contributed by atoms with E-state index < -0.39 is 17.9 Å². The number of unbranched alkanes of at least 4 members (excludes halogenated alkanes) is 1. The summed E-state index contributed by atoms with van der Waals surface area (Å²) in [6.45, 7) is 4.09. The van der Waals surface area contributed by atoms with E-state index in [2.05, 4.69) is 17.2 Å². The van der Waals surface area contributed by atoms with E-state index in [0.717, 1.165) is 24.6 Å². The summed E-state index contributed by atoms with van der Waals surface area (Å²) in [6, 6.07) is 15.2. The number of hydrogen-bond donors (Lipinski definition) is 1. The fraction of sp³-hybridized carbons (Fsp3) is 0.308. The molecule has 6 heteroatoms. The van der Waals surface area contributed by atoms with Crippen LogP contribution >= 0.6 is 0 Å². The van der Waals surface area contributed by atoms with Gasteiger partial charge >= 0.3 is 0 Å². The molecule has 3 aromatic rings. The first-order chi connectivity index (χ1) is 15.6. The Morgan fingerprint density at radius 3 is 2.31 bits per heavy atom. The second-order valence-electron chi connectivity index (χ2n) is 8.15. The Balaban J connectivity index is 1.72. The summed E-state index contributed by atoms with van der Waals surface area (Å²) in [5.74, 6) is -1.31. The van der Waals surface area contributed by atoms with Gasteiger partial charge < -0.3 is 5.32 Å². The van der Waals surface area contributed by atoms with Crippen molar-refractivity contribution in [3.8, 4) is 0 Å². The third-order valence-corrected chi connectivity index (χ3v) is 6.16. The van der Waals surface area contributed by atoms with E-state index in [1.54, 1.807) is 36.5 Å². The largest absolute Gasteiger partial charge is 0.322 e. The van der Waals surface area contributed by atoms with E-state index in [-0.39, 0.29) is 11.8 Å². The van der Waals surface area contributed by atoms with Crippen LogP contribution in [0.1, 0.15) is 60.2 Å². The number of rotatable bonds is 8. The third kappa shape index (κ3) is 3.88. The van der Waals surface area contributed by atoms with Crippen molar-refractivity contribution in [3.63, 3.8) is 0 Å². The van der Waals surface area contributed by atoms with Crippen LogP contribution in [0.25, 0.3) is 10.9 Å². The van der Waals surface area contributed by atoms with Gasteiger partial charge in [-0.15, -0.1) is 0 Å². The van der Waals surface area contributed by atoms with Crippen LogP contribution < -0.4 is 5.32 Å². The van der Waals surface area contributed by atoms with Crippen LogP contribution in [0, 0.1) is 5.92 Å². The monoisotopic (exact) mass is 429 g/mol. The number of nitrogens with one attached hydrogen (secondary N) is 1. The maximum absolute atomic E-state index is 13.7. The summed E-state index contributed by atoms with van der Waals surface area (Å²) in [6.07, 6.45) is 5.00. The second-order valence-corrected chi connectivity index (χ2v) is 8.15. The number of amides is 3. The molecule has 2 atom stereocenters. The van der Waals surface area contributed by atoms with Crippen molar-refractivity contribution in [1.29, 1.82) is 0 Å². The van der Waals surface area contributed by atoms with E-state index in [9.17, 15) is 14.4 Å². The van der Waals surface area contributed by atoms with Crippen molar-refractivity contribution in [2.24, 2.45) is 5.92 Å². The molecule has 32 heavy (non-hydrogen) atoms. The molecule has 6 nitrogen and oxygen atoms in total. The number of carbonyl (C=O) groups is 3. The first-order valence-corrected chi connectivity index (χ1v) is 11.2. The fourth-order valence-corrected chi connectivity index (χ4v) is 4.47. The third-order valence-electron chi connectivity index (χ3n) is 6.16. The number of benzene rings is 2. The maximum atomic E-state index is 13.7. The van der Waals surface area contributed by atoms with Gasteiger partial charge in [0.25, 0.3) is 11.8 Å². The first-order valence-electron chi connectivity index (χ1n) is 11.2. The van der Waals surface area contributed by atoms with Gasteiger partial charge in [-0.2, -0.15) is 0 Å². The van der Waals surface area contributed by atoms with Crippen LogP contribution in [0.3, 0.4) is 0 Å². The number of aromatic nitrogens is 1. The summed E-state index contributed by atoms with van der Waals surface area (Å²) in [4.78, 5) is 45.7. The molecule has 1 N–H and O–H groups in total. The molecule has 4 rings (SSSR count). The number of hydrogen-bond acceptors (Lipinski definition) is 4. The molecule has 0 radical (unpaired) electrons. The van der Waals surface area contributed by atoms with E-state index in [0.29, 0.717) is 28.8 Å². The molecule has 2 heterocycles. The van der Waals surface area contributed by atoms with Gasteiger partial charge in [0.2, 0.25) is 5.91 Å². The molecule has 1 aliphatic rings.